The number of carbonyl (C=O) groups is 1. The first kappa shape index (κ1) is 17.7. The van der Waals surface area contributed by atoms with Gasteiger partial charge in [0, 0.05) is 29.7 Å². The van der Waals surface area contributed by atoms with E-state index < -0.39 is 0 Å². The Bertz CT molecular complexity index is 933. The van der Waals surface area contributed by atoms with Crippen LogP contribution in [0.3, 0.4) is 0 Å². The van der Waals surface area contributed by atoms with Gasteiger partial charge in [-0.15, -0.1) is 0 Å². The molecule has 2 N–H and O–H groups in total. The van der Waals surface area contributed by atoms with Crippen molar-refractivity contribution in [3.63, 3.8) is 0 Å². The van der Waals surface area contributed by atoms with E-state index in [1.807, 2.05) is 36.5 Å². The first-order chi connectivity index (χ1) is 13.2. The predicted octanol–water partition coefficient (Wildman–Crippen LogP) is 3.45. The number of aliphatic hydroxyl groups is 1. The Hall–Kier alpha value is -2.72. The van der Waals surface area contributed by atoms with Gasteiger partial charge in [-0.1, -0.05) is 48.5 Å². The fourth-order valence-electron chi connectivity index (χ4n) is 4.05. The molecule has 0 atom stereocenters. The molecule has 2 aromatic carbocycles. The van der Waals surface area contributed by atoms with Crippen molar-refractivity contribution in [1.29, 1.82) is 0 Å². The third-order valence-electron chi connectivity index (χ3n) is 5.70. The lowest BCUT2D eigenvalue weighted by atomic mass is 9.60. The number of aliphatic hydroxyl groups excluding tert-OH is 1. The van der Waals surface area contributed by atoms with E-state index in [0.29, 0.717) is 18.9 Å². The van der Waals surface area contributed by atoms with E-state index >= 15 is 0 Å². The molecular weight excluding hydrogens is 336 g/mol. The summed E-state index contributed by atoms with van der Waals surface area (Å²) in [6.45, 7) is 0.642. The molecule has 0 spiro atoms. The monoisotopic (exact) mass is 360 g/mol. The zero-order valence-corrected chi connectivity index (χ0v) is 15.3. The van der Waals surface area contributed by atoms with Gasteiger partial charge in [-0.2, -0.15) is 0 Å². The molecule has 0 radical (unpaired) electrons. The number of carbonyl (C=O) groups excluding carboxylic acids is 1. The molecule has 1 amide bonds. The fraction of sp³-hybridized carbons (Fsp3) is 0.304. The van der Waals surface area contributed by atoms with Crippen LogP contribution in [0.15, 0.2) is 67.0 Å². The predicted molar refractivity (Wildman–Crippen MR) is 106 cm³/mol. The summed E-state index contributed by atoms with van der Waals surface area (Å²) < 4.78 is 0. The van der Waals surface area contributed by atoms with Crippen molar-refractivity contribution < 1.29 is 9.90 Å². The summed E-state index contributed by atoms with van der Waals surface area (Å²) in [5.74, 6) is 0.476. The van der Waals surface area contributed by atoms with Crippen LogP contribution in [0.1, 0.15) is 29.9 Å². The van der Waals surface area contributed by atoms with Crippen LogP contribution >= 0.6 is 0 Å². The van der Waals surface area contributed by atoms with Gasteiger partial charge in [0.25, 0.3) is 0 Å². The molecule has 3 aromatic rings. The van der Waals surface area contributed by atoms with E-state index in [0.717, 1.165) is 29.2 Å². The average molecular weight is 360 g/mol. The van der Waals surface area contributed by atoms with E-state index in [1.165, 1.54) is 5.56 Å². The van der Waals surface area contributed by atoms with Crippen molar-refractivity contribution in [2.45, 2.75) is 25.2 Å². The van der Waals surface area contributed by atoms with Crippen molar-refractivity contribution in [3.05, 3.63) is 78.1 Å². The summed E-state index contributed by atoms with van der Waals surface area (Å²) in [5, 5.41) is 15.1. The summed E-state index contributed by atoms with van der Waals surface area (Å²) in [7, 11) is 0. The van der Waals surface area contributed by atoms with E-state index in [9.17, 15) is 9.90 Å². The van der Waals surface area contributed by atoms with Crippen LogP contribution in [-0.2, 0) is 11.2 Å². The second-order valence-corrected chi connectivity index (χ2v) is 7.68. The number of hydrogen-bond donors (Lipinski definition) is 2. The molecule has 27 heavy (non-hydrogen) atoms. The van der Waals surface area contributed by atoms with Crippen molar-refractivity contribution in [2.24, 2.45) is 5.41 Å². The number of nitrogens with one attached hydrogen (secondary N) is 1. The Morgan fingerprint density at radius 2 is 1.93 bits per heavy atom. The van der Waals surface area contributed by atoms with Gasteiger partial charge in [-0.3, -0.25) is 9.78 Å². The minimum absolute atomic E-state index is 0.000563. The van der Waals surface area contributed by atoms with Gasteiger partial charge in [0.1, 0.15) is 0 Å². The maximum absolute atomic E-state index is 12.4. The van der Waals surface area contributed by atoms with Gasteiger partial charge in [-0.25, -0.2) is 0 Å². The van der Waals surface area contributed by atoms with Gasteiger partial charge in [-0.05, 0) is 41.3 Å². The number of fused-ring (bicyclic) bond motifs is 1. The summed E-state index contributed by atoms with van der Waals surface area (Å²) >= 11 is 0. The fourth-order valence-corrected chi connectivity index (χ4v) is 4.05. The average Bonchev–Trinajstić information content (AvgIpc) is 2.68. The molecule has 4 heteroatoms. The maximum atomic E-state index is 12.4. The van der Waals surface area contributed by atoms with Crippen LogP contribution in [0.4, 0.5) is 0 Å². The summed E-state index contributed by atoms with van der Waals surface area (Å²) in [5.41, 5.74) is 2.11. The molecule has 138 valence electrons. The number of nitrogens with zero attached hydrogens (tertiary/aromatic N) is 1. The largest absolute Gasteiger partial charge is 0.396 e. The van der Waals surface area contributed by atoms with Crippen LogP contribution in [0.5, 0.6) is 0 Å². The second kappa shape index (κ2) is 7.49. The topological polar surface area (TPSA) is 62.2 Å². The maximum Gasteiger partial charge on any atom is 0.224 e. The highest BCUT2D eigenvalue weighted by molar-refractivity contribution is 5.84. The van der Waals surface area contributed by atoms with Crippen LogP contribution in [0.2, 0.25) is 0 Å². The van der Waals surface area contributed by atoms with Crippen LogP contribution in [0, 0.1) is 5.41 Å². The third-order valence-corrected chi connectivity index (χ3v) is 5.70. The lowest BCUT2D eigenvalue weighted by Gasteiger charge is -2.47. The Labute approximate surface area is 159 Å². The van der Waals surface area contributed by atoms with Crippen molar-refractivity contribution in [2.75, 3.05) is 13.2 Å². The quantitative estimate of drug-likeness (QED) is 0.708. The molecule has 1 fully saturated rings. The highest BCUT2D eigenvalue weighted by Crippen LogP contribution is 2.50. The number of rotatable bonds is 6. The molecule has 0 saturated heterocycles. The Kier molecular flexibility index (Phi) is 4.90. The van der Waals surface area contributed by atoms with Crippen molar-refractivity contribution in [3.8, 4) is 0 Å². The van der Waals surface area contributed by atoms with Crippen LogP contribution < -0.4 is 5.32 Å². The highest BCUT2D eigenvalue weighted by Gasteiger charge is 2.44. The smallest absolute Gasteiger partial charge is 0.224 e. The number of benzene rings is 2. The molecule has 4 rings (SSSR count). The first-order valence-electron chi connectivity index (χ1n) is 9.43. The standard InChI is InChI=1S/C23H24N2O2/c26-16-23(12-21(13-23)18-4-2-1-3-5-18)15-25-22(27)11-17-6-7-20-14-24-9-8-19(20)10-17/h1-10,14,21,26H,11-13,15-16H2,(H,25,27). The number of pyridine rings is 1. The Morgan fingerprint density at radius 1 is 1.11 bits per heavy atom. The summed E-state index contributed by atoms with van der Waals surface area (Å²) in [6.07, 6.45) is 5.76. The number of amides is 1. The molecule has 4 nitrogen and oxygen atoms in total. The molecule has 0 aliphatic heterocycles. The van der Waals surface area contributed by atoms with Gasteiger partial charge in [0.15, 0.2) is 0 Å². The second-order valence-electron chi connectivity index (χ2n) is 7.68. The lowest BCUT2D eigenvalue weighted by molar-refractivity contribution is -0.121. The molecule has 1 aliphatic rings. The minimum atomic E-state index is -0.189. The zero-order chi connectivity index (χ0) is 18.7. The van der Waals surface area contributed by atoms with Gasteiger partial charge >= 0.3 is 0 Å². The highest BCUT2D eigenvalue weighted by atomic mass is 16.3. The SMILES string of the molecule is O=C(Cc1ccc2cnccc2c1)NCC1(CO)CC(c2ccccc2)C1. The first-order valence-corrected chi connectivity index (χ1v) is 9.43. The third kappa shape index (κ3) is 3.86. The molecule has 1 aliphatic carbocycles. The van der Waals surface area contributed by atoms with E-state index in [2.05, 4.69) is 34.6 Å². The summed E-state index contributed by atoms with van der Waals surface area (Å²) in [6, 6.07) is 18.4. The van der Waals surface area contributed by atoms with Crippen molar-refractivity contribution in [1.82, 2.24) is 10.3 Å². The van der Waals surface area contributed by atoms with E-state index in [4.69, 9.17) is 0 Å². The minimum Gasteiger partial charge on any atom is -0.396 e. The molecule has 1 heterocycles. The van der Waals surface area contributed by atoms with E-state index in [1.54, 1.807) is 6.20 Å². The molecular formula is C23H24N2O2. The van der Waals surface area contributed by atoms with Crippen molar-refractivity contribution >= 4 is 16.7 Å². The van der Waals surface area contributed by atoms with Gasteiger partial charge < -0.3 is 10.4 Å². The van der Waals surface area contributed by atoms with Gasteiger partial charge in [0.05, 0.1) is 13.0 Å². The molecule has 0 bridgehead atoms. The number of hydrogen-bond acceptors (Lipinski definition) is 3. The molecule has 0 unspecified atom stereocenters. The zero-order valence-electron chi connectivity index (χ0n) is 15.3. The Morgan fingerprint density at radius 3 is 2.70 bits per heavy atom. The number of aromatic nitrogens is 1. The lowest BCUT2D eigenvalue weighted by Crippen LogP contribution is -2.48. The van der Waals surface area contributed by atoms with Crippen LogP contribution in [-0.4, -0.2) is 29.1 Å². The normalized spacial score (nSPS) is 21.6. The van der Waals surface area contributed by atoms with Crippen LogP contribution in [0.25, 0.3) is 10.8 Å². The summed E-state index contributed by atoms with van der Waals surface area (Å²) in [4.78, 5) is 16.5. The van der Waals surface area contributed by atoms with Gasteiger partial charge in [0.2, 0.25) is 5.91 Å². The molecule has 1 aromatic heterocycles. The Balaban J connectivity index is 1.33. The van der Waals surface area contributed by atoms with E-state index in [-0.39, 0.29) is 17.9 Å². The molecule has 1 saturated carbocycles.